The number of hydrogen-bond acceptors (Lipinski definition) is 6. The van der Waals surface area contributed by atoms with Gasteiger partial charge in [-0.1, -0.05) is 12.1 Å². The summed E-state index contributed by atoms with van der Waals surface area (Å²) in [7, 11) is 1.53. The van der Waals surface area contributed by atoms with Crippen LogP contribution in [0.1, 0.15) is 36.5 Å². The molecule has 0 N–H and O–H groups in total. The molecule has 2 aliphatic rings. The Kier molecular flexibility index (Phi) is 6.82. The summed E-state index contributed by atoms with van der Waals surface area (Å²) < 4.78 is 16.5. The summed E-state index contributed by atoms with van der Waals surface area (Å²) in [5.74, 6) is 0.798. The van der Waals surface area contributed by atoms with Gasteiger partial charge in [-0.3, -0.25) is 19.3 Å². The number of hydrogen-bond donors (Lipinski definition) is 0. The van der Waals surface area contributed by atoms with Crippen molar-refractivity contribution < 1.29 is 28.6 Å². The molecule has 4 rings (SSSR count). The second-order valence-corrected chi connectivity index (χ2v) is 8.16. The van der Waals surface area contributed by atoms with Crippen molar-refractivity contribution in [2.75, 3.05) is 38.3 Å². The van der Waals surface area contributed by atoms with Crippen LogP contribution in [0.2, 0.25) is 0 Å². The summed E-state index contributed by atoms with van der Waals surface area (Å²) in [6.07, 6.45) is 3.05. The van der Waals surface area contributed by atoms with Gasteiger partial charge in [-0.05, 0) is 56.5 Å². The van der Waals surface area contributed by atoms with Crippen molar-refractivity contribution in [3.63, 3.8) is 0 Å². The molecule has 2 heterocycles. The second-order valence-electron chi connectivity index (χ2n) is 8.16. The fourth-order valence-electron chi connectivity index (χ4n) is 4.22. The molecule has 2 aromatic rings. The summed E-state index contributed by atoms with van der Waals surface area (Å²) in [6, 6.07) is 11.3. The third-order valence-electron chi connectivity index (χ3n) is 6.00. The number of Topliss-reactive ketones (excluding diaryl/α,β-unsaturated/α-hetero) is 1. The SMILES string of the molecule is COc1ccccc1OCC(=O)c1ccc2c(c1)N(C(C)C(=O)N1CCCCC1)C(=O)CO2. The van der Waals surface area contributed by atoms with E-state index in [4.69, 9.17) is 14.2 Å². The van der Waals surface area contributed by atoms with Crippen molar-refractivity contribution in [1.82, 2.24) is 4.90 Å². The highest BCUT2D eigenvalue weighted by Crippen LogP contribution is 2.35. The lowest BCUT2D eigenvalue weighted by molar-refractivity contribution is -0.135. The Morgan fingerprint density at radius 1 is 1.06 bits per heavy atom. The molecule has 2 aliphatic heterocycles. The minimum absolute atomic E-state index is 0.0906. The monoisotopic (exact) mass is 452 g/mol. The number of nitrogens with zero attached hydrogens (tertiary/aromatic N) is 2. The molecule has 1 fully saturated rings. The lowest BCUT2D eigenvalue weighted by Gasteiger charge is -2.37. The zero-order valence-electron chi connectivity index (χ0n) is 18.9. The third kappa shape index (κ3) is 4.79. The van der Waals surface area contributed by atoms with E-state index in [1.165, 1.54) is 12.0 Å². The minimum atomic E-state index is -0.687. The second kappa shape index (κ2) is 9.94. The normalized spacial score (nSPS) is 16.5. The average Bonchev–Trinajstić information content (AvgIpc) is 2.86. The van der Waals surface area contributed by atoms with E-state index in [1.54, 1.807) is 43.3 Å². The van der Waals surface area contributed by atoms with Crippen LogP contribution in [0, 0.1) is 0 Å². The van der Waals surface area contributed by atoms with Gasteiger partial charge >= 0.3 is 0 Å². The maximum Gasteiger partial charge on any atom is 0.265 e. The van der Waals surface area contributed by atoms with E-state index in [2.05, 4.69) is 0 Å². The molecule has 0 radical (unpaired) electrons. The van der Waals surface area contributed by atoms with Gasteiger partial charge in [0.2, 0.25) is 5.91 Å². The molecule has 8 heteroatoms. The first-order valence-corrected chi connectivity index (χ1v) is 11.2. The van der Waals surface area contributed by atoms with Crippen molar-refractivity contribution in [3.8, 4) is 17.2 Å². The fraction of sp³-hybridized carbons (Fsp3) is 0.400. The van der Waals surface area contributed by atoms with Crippen LogP contribution in [0.3, 0.4) is 0 Å². The molecular weight excluding hydrogens is 424 g/mol. The van der Waals surface area contributed by atoms with Crippen molar-refractivity contribution in [1.29, 1.82) is 0 Å². The molecule has 2 aromatic carbocycles. The highest BCUT2D eigenvalue weighted by Gasteiger charge is 2.35. The van der Waals surface area contributed by atoms with Crippen LogP contribution in [-0.4, -0.2) is 62.0 Å². The molecule has 2 amide bonds. The average molecular weight is 453 g/mol. The molecule has 174 valence electrons. The molecule has 0 bridgehead atoms. The topological polar surface area (TPSA) is 85.4 Å². The number of fused-ring (bicyclic) bond motifs is 1. The summed E-state index contributed by atoms with van der Waals surface area (Å²) >= 11 is 0. The largest absolute Gasteiger partial charge is 0.493 e. The predicted molar refractivity (Wildman–Crippen MR) is 122 cm³/mol. The van der Waals surface area contributed by atoms with E-state index >= 15 is 0 Å². The van der Waals surface area contributed by atoms with Gasteiger partial charge in [0.1, 0.15) is 11.8 Å². The molecule has 0 aliphatic carbocycles. The van der Waals surface area contributed by atoms with E-state index in [1.807, 2.05) is 11.0 Å². The molecule has 0 aromatic heterocycles. The van der Waals surface area contributed by atoms with Gasteiger partial charge in [-0.25, -0.2) is 0 Å². The quantitative estimate of drug-likeness (QED) is 0.601. The molecule has 0 spiro atoms. The number of ether oxygens (including phenoxy) is 3. The van der Waals surface area contributed by atoms with Gasteiger partial charge < -0.3 is 19.1 Å². The predicted octanol–water partition coefficient (Wildman–Crippen LogP) is 3.08. The van der Waals surface area contributed by atoms with Crippen molar-refractivity contribution in [2.45, 2.75) is 32.2 Å². The summed E-state index contributed by atoms with van der Waals surface area (Å²) in [6.45, 7) is 2.79. The number of amides is 2. The van der Waals surface area contributed by atoms with E-state index in [0.29, 0.717) is 41.6 Å². The lowest BCUT2D eigenvalue weighted by Crippen LogP contribution is -2.53. The number of piperidine rings is 1. The molecule has 1 atom stereocenters. The molecule has 0 saturated carbocycles. The molecule has 8 nitrogen and oxygen atoms in total. The zero-order valence-corrected chi connectivity index (χ0v) is 18.9. The number of carbonyl (C=O) groups excluding carboxylic acids is 3. The van der Waals surface area contributed by atoms with E-state index in [0.717, 1.165) is 19.3 Å². The van der Waals surface area contributed by atoms with Crippen LogP contribution >= 0.6 is 0 Å². The van der Waals surface area contributed by atoms with Gasteiger partial charge in [-0.15, -0.1) is 0 Å². The number of likely N-dealkylation sites (tertiary alicyclic amines) is 1. The van der Waals surface area contributed by atoms with Crippen LogP contribution in [0.15, 0.2) is 42.5 Å². The molecular formula is C25H28N2O6. The highest BCUT2D eigenvalue weighted by atomic mass is 16.5. The van der Waals surface area contributed by atoms with Gasteiger partial charge in [0.25, 0.3) is 5.91 Å². The van der Waals surface area contributed by atoms with Crippen LogP contribution in [0.4, 0.5) is 5.69 Å². The number of para-hydroxylation sites is 2. The Bertz CT molecular complexity index is 1050. The summed E-state index contributed by atoms with van der Waals surface area (Å²) in [5.41, 5.74) is 0.789. The summed E-state index contributed by atoms with van der Waals surface area (Å²) in [4.78, 5) is 42.0. The highest BCUT2D eigenvalue weighted by molar-refractivity contribution is 6.05. The Balaban J connectivity index is 1.53. The molecule has 33 heavy (non-hydrogen) atoms. The minimum Gasteiger partial charge on any atom is -0.493 e. The number of methoxy groups -OCH3 is 1. The van der Waals surface area contributed by atoms with Crippen molar-refractivity contribution in [3.05, 3.63) is 48.0 Å². The first kappa shape index (κ1) is 22.6. The van der Waals surface area contributed by atoms with Crippen molar-refractivity contribution >= 4 is 23.3 Å². The molecule has 1 unspecified atom stereocenters. The third-order valence-corrected chi connectivity index (χ3v) is 6.00. The van der Waals surface area contributed by atoms with Crippen LogP contribution < -0.4 is 19.1 Å². The van der Waals surface area contributed by atoms with E-state index in [-0.39, 0.29) is 30.8 Å². The first-order chi connectivity index (χ1) is 16.0. The number of anilines is 1. The zero-order chi connectivity index (χ0) is 23.4. The lowest BCUT2D eigenvalue weighted by atomic mass is 10.1. The smallest absolute Gasteiger partial charge is 0.265 e. The Hall–Kier alpha value is -3.55. The first-order valence-electron chi connectivity index (χ1n) is 11.2. The van der Waals surface area contributed by atoms with Gasteiger partial charge in [0.05, 0.1) is 12.8 Å². The number of carbonyl (C=O) groups is 3. The standard InChI is InChI=1S/C25H28N2O6/c1-17(25(30)26-12-6-3-7-13-26)27-19-14-18(10-11-21(19)33-16-24(27)29)20(28)15-32-23-9-5-4-8-22(23)31-2/h4-5,8-11,14,17H,3,6-7,12-13,15-16H2,1-2H3. The van der Waals surface area contributed by atoms with Crippen LogP contribution in [0.5, 0.6) is 17.2 Å². The van der Waals surface area contributed by atoms with E-state index in [9.17, 15) is 14.4 Å². The Morgan fingerprint density at radius 3 is 2.52 bits per heavy atom. The fourth-order valence-corrected chi connectivity index (χ4v) is 4.22. The van der Waals surface area contributed by atoms with Gasteiger partial charge in [0.15, 0.2) is 30.5 Å². The van der Waals surface area contributed by atoms with Crippen molar-refractivity contribution in [2.24, 2.45) is 0 Å². The van der Waals surface area contributed by atoms with Crippen LogP contribution in [-0.2, 0) is 9.59 Å². The maximum atomic E-state index is 13.1. The number of rotatable bonds is 7. The Labute approximate surface area is 193 Å². The summed E-state index contributed by atoms with van der Waals surface area (Å²) in [5, 5.41) is 0. The van der Waals surface area contributed by atoms with Gasteiger partial charge in [0, 0.05) is 18.7 Å². The number of benzene rings is 2. The van der Waals surface area contributed by atoms with Crippen LogP contribution in [0.25, 0.3) is 0 Å². The van der Waals surface area contributed by atoms with Gasteiger partial charge in [-0.2, -0.15) is 0 Å². The van der Waals surface area contributed by atoms with E-state index < -0.39 is 6.04 Å². The molecule has 1 saturated heterocycles. The Morgan fingerprint density at radius 2 is 1.79 bits per heavy atom. The number of ketones is 1. The maximum absolute atomic E-state index is 13.1.